The number of likely N-dealkylation sites (tertiary alicyclic amines) is 1. The van der Waals surface area contributed by atoms with E-state index in [1.165, 1.54) is 7.11 Å². The molecule has 0 spiro atoms. The number of methoxy groups -OCH3 is 1. The highest BCUT2D eigenvalue weighted by molar-refractivity contribution is 5.94. The molecule has 0 bridgehead atoms. The number of benzene rings is 1. The van der Waals surface area contributed by atoms with Gasteiger partial charge in [-0.2, -0.15) is 0 Å². The fraction of sp³-hybridized carbons (Fsp3) is 0.556. The standard InChI is InChI=1S/C18H27N3O3/c1-4-9-20(10-5-2)16-12-21(13-16)18(23)19-15-8-6-7-14(11-15)17(22)24-3/h6-8,11,16H,4-5,9-10,12-13H2,1-3H3,(H,19,23). The van der Waals surface area contributed by atoms with E-state index in [0.717, 1.165) is 39.0 Å². The van der Waals surface area contributed by atoms with Gasteiger partial charge in [-0.3, -0.25) is 4.90 Å². The number of nitrogens with one attached hydrogen (secondary N) is 1. The first-order valence-electron chi connectivity index (χ1n) is 8.57. The average molecular weight is 333 g/mol. The number of urea groups is 1. The number of ether oxygens (including phenoxy) is 1. The molecule has 6 nitrogen and oxygen atoms in total. The summed E-state index contributed by atoms with van der Waals surface area (Å²) in [7, 11) is 1.34. The number of nitrogens with zero attached hydrogens (tertiary/aromatic N) is 2. The first kappa shape index (κ1) is 18.3. The summed E-state index contributed by atoms with van der Waals surface area (Å²) in [6, 6.07) is 7.11. The van der Waals surface area contributed by atoms with E-state index in [0.29, 0.717) is 17.3 Å². The highest BCUT2D eigenvalue weighted by Gasteiger charge is 2.34. The van der Waals surface area contributed by atoms with E-state index < -0.39 is 5.97 Å². The van der Waals surface area contributed by atoms with Crippen LogP contribution in [-0.4, -0.2) is 61.1 Å². The summed E-state index contributed by atoms with van der Waals surface area (Å²) >= 11 is 0. The lowest BCUT2D eigenvalue weighted by Gasteiger charge is -2.45. The smallest absolute Gasteiger partial charge is 0.337 e. The highest BCUT2D eigenvalue weighted by atomic mass is 16.5. The second-order valence-electron chi connectivity index (χ2n) is 6.10. The van der Waals surface area contributed by atoms with Gasteiger partial charge in [0.1, 0.15) is 0 Å². The molecule has 0 aliphatic carbocycles. The zero-order valence-electron chi connectivity index (χ0n) is 14.7. The van der Waals surface area contributed by atoms with Crippen LogP contribution in [-0.2, 0) is 4.74 Å². The molecular formula is C18H27N3O3. The van der Waals surface area contributed by atoms with Crippen molar-refractivity contribution in [3.05, 3.63) is 29.8 Å². The third-order valence-electron chi connectivity index (χ3n) is 4.22. The van der Waals surface area contributed by atoms with Gasteiger partial charge in [0.15, 0.2) is 0 Å². The molecule has 1 aliphatic rings. The lowest BCUT2D eigenvalue weighted by Crippen LogP contribution is -2.62. The predicted molar refractivity (Wildman–Crippen MR) is 94.3 cm³/mol. The van der Waals surface area contributed by atoms with E-state index in [2.05, 4.69) is 24.1 Å². The number of carbonyl (C=O) groups excluding carboxylic acids is 2. The van der Waals surface area contributed by atoms with Crippen molar-refractivity contribution in [2.75, 3.05) is 38.6 Å². The number of anilines is 1. The Morgan fingerprint density at radius 3 is 2.50 bits per heavy atom. The molecule has 0 aromatic heterocycles. The van der Waals surface area contributed by atoms with Crippen LogP contribution in [0.3, 0.4) is 0 Å². The summed E-state index contributed by atoms with van der Waals surface area (Å²) in [5, 5.41) is 2.85. The lowest BCUT2D eigenvalue weighted by atomic mass is 10.1. The SMILES string of the molecule is CCCN(CCC)C1CN(C(=O)Nc2cccc(C(=O)OC)c2)C1. The Morgan fingerprint density at radius 1 is 1.25 bits per heavy atom. The van der Waals surface area contributed by atoms with E-state index in [1.807, 2.05) is 0 Å². The van der Waals surface area contributed by atoms with Gasteiger partial charge in [0.2, 0.25) is 0 Å². The number of carbonyl (C=O) groups is 2. The van der Waals surface area contributed by atoms with Gasteiger partial charge in [-0.25, -0.2) is 9.59 Å². The molecule has 1 fully saturated rings. The highest BCUT2D eigenvalue weighted by Crippen LogP contribution is 2.18. The van der Waals surface area contributed by atoms with Crippen LogP contribution >= 0.6 is 0 Å². The number of amides is 2. The molecule has 1 N–H and O–H groups in total. The first-order valence-corrected chi connectivity index (χ1v) is 8.57. The van der Waals surface area contributed by atoms with Crippen molar-refractivity contribution in [1.29, 1.82) is 0 Å². The molecule has 1 heterocycles. The van der Waals surface area contributed by atoms with Crippen molar-refractivity contribution < 1.29 is 14.3 Å². The van der Waals surface area contributed by atoms with Crippen LogP contribution in [0.2, 0.25) is 0 Å². The second-order valence-corrected chi connectivity index (χ2v) is 6.10. The summed E-state index contributed by atoms with van der Waals surface area (Å²) < 4.78 is 4.69. The lowest BCUT2D eigenvalue weighted by molar-refractivity contribution is 0.0599. The van der Waals surface area contributed by atoms with Gasteiger partial charge < -0.3 is 15.0 Å². The van der Waals surface area contributed by atoms with E-state index in [1.54, 1.807) is 29.2 Å². The maximum atomic E-state index is 12.3. The Bertz CT molecular complexity index is 564. The Balaban J connectivity index is 1.87. The van der Waals surface area contributed by atoms with Gasteiger partial charge in [-0.15, -0.1) is 0 Å². The van der Waals surface area contributed by atoms with Crippen LogP contribution in [0, 0.1) is 0 Å². The molecule has 6 heteroatoms. The number of hydrogen-bond donors (Lipinski definition) is 1. The Kier molecular flexibility index (Phi) is 6.61. The summed E-state index contributed by atoms with van der Waals surface area (Å²) in [4.78, 5) is 28.1. The molecule has 2 amide bonds. The Hall–Kier alpha value is -2.08. The minimum Gasteiger partial charge on any atom is -0.465 e. The van der Waals surface area contributed by atoms with Crippen LogP contribution in [0.5, 0.6) is 0 Å². The van der Waals surface area contributed by atoms with Crippen LogP contribution in [0.25, 0.3) is 0 Å². The monoisotopic (exact) mass is 333 g/mol. The van der Waals surface area contributed by atoms with Crippen molar-refractivity contribution in [2.45, 2.75) is 32.7 Å². The van der Waals surface area contributed by atoms with Gasteiger partial charge in [0.05, 0.1) is 12.7 Å². The maximum absolute atomic E-state index is 12.3. The van der Waals surface area contributed by atoms with Crippen molar-refractivity contribution in [2.24, 2.45) is 0 Å². The van der Waals surface area contributed by atoms with Crippen molar-refractivity contribution >= 4 is 17.7 Å². The van der Waals surface area contributed by atoms with Crippen LogP contribution in [0.15, 0.2) is 24.3 Å². The molecule has 1 saturated heterocycles. The normalized spacial score (nSPS) is 14.4. The maximum Gasteiger partial charge on any atom is 0.337 e. The molecule has 0 saturated carbocycles. The quantitative estimate of drug-likeness (QED) is 0.780. The molecule has 0 unspecified atom stereocenters. The zero-order valence-corrected chi connectivity index (χ0v) is 14.7. The number of esters is 1. The van der Waals surface area contributed by atoms with Crippen LogP contribution < -0.4 is 5.32 Å². The third-order valence-corrected chi connectivity index (χ3v) is 4.22. The summed E-state index contributed by atoms with van der Waals surface area (Å²) in [6.07, 6.45) is 2.26. The van der Waals surface area contributed by atoms with Crippen molar-refractivity contribution in [3.63, 3.8) is 0 Å². The minimum absolute atomic E-state index is 0.124. The summed E-state index contributed by atoms with van der Waals surface area (Å²) in [5.74, 6) is -0.412. The minimum atomic E-state index is -0.412. The van der Waals surface area contributed by atoms with E-state index in [4.69, 9.17) is 4.74 Å². The molecular weight excluding hydrogens is 306 g/mol. The first-order chi connectivity index (χ1) is 11.6. The largest absolute Gasteiger partial charge is 0.465 e. The van der Waals surface area contributed by atoms with Gasteiger partial charge in [0.25, 0.3) is 0 Å². The van der Waals surface area contributed by atoms with Crippen LogP contribution in [0.4, 0.5) is 10.5 Å². The average Bonchev–Trinajstić information content (AvgIpc) is 2.53. The third kappa shape index (κ3) is 4.47. The fourth-order valence-corrected chi connectivity index (χ4v) is 2.95. The summed E-state index contributed by atoms with van der Waals surface area (Å²) in [6.45, 7) is 8.02. The Labute approximate surface area is 143 Å². The topological polar surface area (TPSA) is 61.9 Å². The summed E-state index contributed by atoms with van der Waals surface area (Å²) in [5.41, 5.74) is 1.03. The predicted octanol–water partition coefficient (Wildman–Crippen LogP) is 2.81. The number of hydrogen-bond acceptors (Lipinski definition) is 4. The Morgan fingerprint density at radius 2 is 1.92 bits per heavy atom. The molecule has 1 aliphatic heterocycles. The molecule has 24 heavy (non-hydrogen) atoms. The molecule has 0 atom stereocenters. The van der Waals surface area contributed by atoms with Crippen molar-refractivity contribution in [1.82, 2.24) is 9.80 Å². The van der Waals surface area contributed by atoms with Gasteiger partial charge in [-0.05, 0) is 44.1 Å². The number of rotatable bonds is 7. The molecule has 1 aromatic rings. The van der Waals surface area contributed by atoms with Crippen LogP contribution in [0.1, 0.15) is 37.0 Å². The second kappa shape index (κ2) is 8.68. The molecule has 0 radical (unpaired) electrons. The van der Waals surface area contributed by atoms with Crippen molar-refractivity contribution in [3.8, 4) is 0 Å². The van der Waals surface area contributed by atoms with E-state index in [-0.39, 0.29) is 6.03 Å². The van der Waals surface area contributed by atoms with Gasteiger partial charge in [0, 0.05) is 24.8 Å². The molecule has 132 valence electrons. The van der Waals surface area contributed by atoms with Gasteiger partial charge >= 0.3 is 12.0 Å². The molecule has 1 aromatic carbocycles. The van der Waals surface area contributed by atoms with E-state index >= 15 is 0 Å². The van der Waals surface area contributed by atoms with Gasteiger partial charge in [-0.1, -0.05) is 19.9 Å². The molecule has 2 rings (SSSR count). The van der Waals surface area contributed by atoms with E-state index in [9.17, 15) is 9.59 Å². The zero-order chi connectivity index (χ0) is 17.5. The fourth-order valence-electron chi connectivity index (χ4n) is 2.95.